The van der Waals surface area contributed by atoms with Gasteiger partial charge in [0.15, 0.2) is 11.7 Å². The number of ether oxygens (including phenoxy) is 2. The number of alkyl halides is 3. The summed E-state index contributed by atoms with van der Waals surface area (Å²) >= 11 is 0. The number of carbonyl (C=O) groups is 1. The molecule has 204 valence electrons. The maximum absolute atomic E-state index is 15.4. The molecule has 0 unspecified atom stereocenters. The summed E-state index contributed by atoms with van der Waals surface area (Å²) < 4.78 is 65.2. The van der Waals surface area contributed by atoms with Gasteiger partial charge >= 0.3 is 6.18 Å². The number of rotatable bonds is 7. The van der Waals surface area contributed by atoms with Crippen molar-refractivity contribution in [2.45, 2.75) is 37.3 Å². The van der Waals surface area contributed by atoms with Crippen molar-refractivity contribution in [3.63, 3.8) is 0 Å². The quantitative estimate of drug-likeness (QED) is 0.523. The second-order valence-electron chi connectivity index (χ2n) is 9.67. The Labute approximate surface area is 215 Å². The van der Waals surface area contributed by atoms with Crippen LogP contribution in [0.5, 0.6) is 0 Å². The lowest BCUT2D eigenvalue weighted by molar-refractivity contribution is -0.168. The van der Waals surface area contributed by atoms with Gasteiger partial charge in [-0.25, -0.2) is 9.38 Å². The van der Waals surface area contributed by atoms with Gasteiger partial charge in [-0.1, -0.05) is 0 Å². The number of fused-ring (bicyclic) bond motifs is 3. The van der Waals surface area contributed by atoms with Crippen molar-refractivity contribution in [2.24, 2.45) is 16.6 Å². The van der Waals surface area contributed by atoms with Crippen LogP contribution in [0.2, 0.25) is 0 Å². The first kappa shape index (κ1) is 26.3. The smallest absolute Gasteiger partial charge is 0.383 e. The predicted octanol–water partition coefficient (Wildman–Crippen LogP) is 2.74. The van der Waals surface area contributed by atoms with Crippen LogP contribution in [0.4, 0.5) is 23.2 Å². The second-order valence-corrected chi connectivity index (χ2v) is 9.67. The number of carbonyl (C=O) groups excluding carboxylic acids is 1. The minimum Gasteiger partial charge on any atom is -0.383 e. The van der Waals surface area contributed by atoms with E-state index in [0.717, 1.165) is 25.0 Å². The number of aromatic nitrogens is 1. The summed E-state index contributed by atoms with van der Waals surface area (Å²) in [5.74, 6) is -1.50. The van der Waals surface area contributed by atoms with Crippen LogP contribution >= 0.6 is 0 Å². The summed E-state index contributed by atoms with van der Waals surface area (Å²) in [5, 5.41) is 11.4. The van der Waals surface area contributed by atoms with Crippen molar-refractivity contribution in [1.82, 2.24) is 14.8 Å². The molecule has 1 aromatic carbocycles. The molecule has 0 spiro atoms. The van der Waals surface area contributed by atoms with Gasteiger partial charge in [-0.05, 0) is 37.0 Å². The molecule has 2 fully saturated rings. The standard InChI is InChI=1S/C25H27F4N5O4/c1-37-12-21(14-2-3-14)33(11-16-5-4-15(10-31-16)25(27,28)29)22(35)17-8-18-20(9-19(17)26)32-23(30)34-6-7-38-13-24(18,34)36/h4-5,8-10,14,21,36H,2-3,6-7,11-13H2,1H3,(H2,30,32)/t21-,24-/m0/s1. The Hall–Kier alpha value is -3.29. The summed E-state index contributed by atoms with van der Waals surface area (Å²) in [6.45, 7) is 0.367. The fourth-order valence-corrected chi connectivity index (χ4v) is 4.97. The fraction of sp³-hybridized carbons (Fsp3) is 0.480. The lowest BCUT2D eigenvalue weighted by Gasteiger charge is -2.46. The van der Waals surface area contributed by atoms with Gasteiger partial charge in [-0.3, -0.25) is 9.78 Å². The van der Waals surface area contributed by atoms with E-state index in [0.29, 0.717) is 12.8 Å². The normalized spacial score (nSPS) is 21.8. The van der Waals surface area contributed by atoms with Crippen LogP contribution in [0.25, 0.3) is 0 Å². The van der Waals surface area contributed by atoms with Crippen LogP contribution in [0.15, 0.2) is 35.5 Å². The van der Waals surface area contributed by atoms with Crippen molar-refractivity contribution >= 4 is 17.6 Å². The summed E-state index contributed by atoms with van der Waals surface area (Å²) in [6.07, 6.45) is -2.20. The summed E-state index contributed by atoms with van der Waals surface area (Å²) in [4.78, 5) is 24.8. The zero-order valence-corrected chi connectivity index (χ0v) is 20.5. The number of benzene rings is 1. The number of nitrogens with two attached hydrogens (primary N) is 1. The fourth-order valence-electron chi connectivity index (χ4n) is 4.97. The average Bonchev–Trinajstić information content (AvgIpc) is 3.70. The molecule has 3 heterocycles. The van der Waals surface area contributed by atoms with Crippen LogP contribution < -0.4 is 5.73 Å². The monoisotopic (exact) mass is 537 g/mol. The summed E-state index contributed by atoms with van der Waals surface area (Å²) in [7, 11) is 1.48. The van der Waals surface area contributed by atoms with Crippen molar-refractivity contribution in [1.29, 1.82) is 0 Å². The Balaban J connectivity index is 1.53. The summed E-state index contributed by atoms with van der Waals surface area (Å²) in [5.41, 5.74) is 3.45. The number of aliphatic hydroxyl groups is 1. The molecule has 2 aliphatic heterocycles. The molecule has 0 bridgehead atoms. The number of hydrogen-bond acceptors (Lipinski definition) is 8. The van der Waals surface area contributed by atoms with Crippen LogP contribution in [-0.2, 0) is 27.9 Å². The third kappa shape index (κ3) is 4.81. The van der Waals surface area contributed by atoms with E-state index in [1.165, 1.54) is 29.0 Å². The maximum Gasteiger partial charge on any atom is 0.417 e. The van der Waals surface area contributed by atoms with E-state index in [1.54, 1.807) is 0 Å². The highest BCUT2D eigenvalue weighted by atomic mass is 19.4. The Morgan fingerprint density at radius 2 is 2.13 bits per heavy atom. The number of pyridine rings is 1. The van der Waals surface area contributed by atoms with E-state index < -0.39 is 35.2 Å². The largest absolute Gasteiger partial charge is 0.417 e. The molecule has 9 nitrogen and oxygen atoms in total. The van der Waals surface area contributed by atoms with Gasteiger partial charge in [-0.2, -0.15) is 13.2 Å². The zero-order valence-electron chi connectivity index (χ0n) is 20.5. The predicted molar refractivity (Wildman–Crippen MR) is 127 cm³/mol. The first-order valence-electron chi connectivity index (χ1n) is 12.1. The number of methoxy groups -OCH3 is 1. The molecule has 1 saturated heterocycles. The Bertz CT molecular complexity index is 1250. The molecular weight excluding hydrogens is 510 g/mol. The SMILES string of the molecule is COC[C@@H](C1CC1)N(Cc1ccc(C(F)(F)F)cn1)C(=O)c1cc2c(cc1F)N=C(N)N1CCOC[C@]21O. The van der Waals surface area contributed by atoms with Crippen LogP contribution in [0, 0.1) is 11.7 Å². The molecule has 5 rings (SSSR count). The number of morpholine rings is 1. The topological polar surface area (TPSA) is 114 Å². The third-order valence-corrected chi connectivity index (χ3v) is 7.12. The van der Waals surface area contributed by atoms with Crippen LogP contribution in [0.1, 0.15) is 40.0 Å². The molecular formula is C25H27F4N5O4. The molecule has 0 radical (unpaired) electrons. The minimum absolute atomic E-state index is 0.00525. The number of aliphatic imine (C=N–C) groups is 1. The van der Waals surface area contributed by atoms with Gasteiger partial charge in [0.1, 0.15) is 5.82 Å². The lowest BCUT2D eigenvalue weighted by atomic mass is 9.94. The second kappa shape index (κ2) is 9.79. The minimum atomic E-state index is -4.55. The lowest BCUT2D eigenvalue weighted by Crippen LogP contribution is -2.60. The number of halogens is 4. The van der Waals surface area contributed by atoms with Gasteiger partial charge < -0.3 is 30.1 Å². The number of amides is 1. The number of hydrogen-bond donors (Lipinski definition) is 2. The van der Waals surface area contributed by atoms with E-state index in [-0.39, 0.29) is 60.7 Å². The first-order chi connectivity index (χ1) is 18.0. The molecule has 2 aromatic rings. The molecule has 3 N–H and O–H groups in total. The van der Waals surface area contributed by atoms with Gasteiger partial charge in [0.25, 0.3) is 5.91 Å². The summed E-state index contributed by atoms with van der Waals surface area (Å²) in [6, 6.07) is 3.91. The zero-order chi connectivity index (χ0) is 27.2. The molecule has 2 atom stereocenters. The highest BCUT2D eigenvalue weighted by Crippen LogP contribution is 2.41. The highest BCUT2D eigenvalue weighted by molar-refractivity contribution is 5.96. The van der Waals surface area contributed by atoms with E-state index in [2.05, 4.69) is 9.98 Å². The van der Waals surface area contributed by atoms with Crippen LogP contribution in [0.3, 0.4) is 0 Å². The molecule has 38 heavy (non-hydrogen) atoms. The Kier molecular flexibility index (Phi) is 6.78. The van der Waals surface area contributed by atoms with E-state index in [1.807, 2.05) is 0 Å². The molecule has 1 amide bonds. The van der Waals surface area contributed by atoms with Gasteiger partial charge in [-0.15, -0.1) is 0 Å². The van der Waals surface area contributed by atoms with Crippen molar-refractivity contribution in [3.05, 3.63) is 58.7 Å². The van der Waals surface area contributed by atoms with E-state index in [9.17, 15) is 23.1 Å². The third-order valence-electron chi connectivity index (χ3n) is 7.12. The van der Waals surface area contributed by atoms with Crippen molar-refractivity contribution < 1.29 is 36.9 Å². The molecule has 13 heteroatoms. The highest BCUT2D eigenvalue weighted by Gasteiger charge is 2.46. The van der Waals surface area contributed by atoms with Crippen molar-refractivity contribution in [2.75, 3.05) is 33.5 Å². The Morgan fingerprint density at radius 1 is 1.37 bits per heavy atom. The molecule has 1 saturated carbocycles. The molecule has 1 aliphatic carbocycles. The molecule has 3 aliphatic rings. The Morgan fingerprint density at radius 3 is 2.76 bits per heavy atom. The maximum atomic E-state index is 15.4. The van der Waals surface area contributed by atoms with Gasteiger partial charge in [0.05, 0.1) is 54.9 Å². The van der Waals surface area contributed by atoms with Gasteiger partial charge in [0, 0.05) is 31.5 Å². The van der Waals surface area contributed by atoms with Gasteiger partial charge in [0.2, 0.25) is 0 Å². The van der Waals surface area contributed by atoms with Crippen molar-refractivity contribution in [3.8, 4) is 0 Å². The molecule has 1 aromatic heterocycles. The van der Waals surface area contributed by atoms with Crippen LogP contribution in [-0.4, -0.2) is 71.3 Å². The average molecular weight is 538 g/mol. The first-order valence-corrected chi connectivity index (χ1v) is 12.1. The number of nitrogens with zero attached hydrogens (tertiary/aromatic N) is 4. The number of guanidine groups is 1. The van der Waals surface area contributed by atoms with E-state index in [4.69, 9.17) is 15.2 Å². The van der Waals surface area contributed by atoms with E-state index >= 15 is 4.39 Å².